The molecule has 21 heavy (non-hydrogen) atoms. The third-order valence-electron chi connectivity index (χ3n) is 3.09. The zero-order valence-corrected chi connectivity index (χ0v) is 14.2. The first-order chi connectivity index (χ1) is 9.69. The zero-order valence-electron chi connectivity index (χ0n) is 12.6. The maximum atomic E-state index is 4.11. The van der Waals surface area contributed by atoms with E-state index in [1.54, 1.807) is 7.05 Å². The number of rotatable bonds is 6. The predicted molar refractivity (Wildman–Crippen MR) is 88.3 cm³/mol. The summed E-state index contributed by atoms with van der Waals surface area (Å²) in [5.41, 5.74) is 4.36. The van der Waals surface area contributed by atoms with Gasteiger partial charge in [-0.25, -0.2) is 0 Å². The van der Waals surface area contributed by atoms with Crippen molar-refractivity contribution >= 4 is 22.7 Å². The number of hydrogen-bond donors (Lipinski definition) is 2. The van der Waals surface area contributed by atoms with Crippen LogP contribution in [0.15, 0.2) is 48.5 Å². The van der Waals surface area contributed by atoms with Gasteiger partial charge < -0.3 is 20.9 Å². The Kier molecular flexibility index (Phi) is 7.03. The van der Waals surface area contributed by atoms with Crippen LogP contribution in [-0.4, -0.2) is 27.8 Å². The fourth-order valence-electron chi connectivity index (χ4n) is 1.85. The predicted octanol–water partition coefficient (Wildman–Crippen LogP) is 3.87. The molecule has 0 fully saturated rings. The van der Waals surface area contributed by atoms with Crippen molar-refractivity contribution in [2.24, 2.45) is 0 Å². The van der Waals surface area contributed by atoms with E-state index < -0.39 is 0 Å². The summed E-state index contributed by atoms with van der Waals surface area (Å²) in [6.07, 6.45) is 0. The van der Waals surface area contributed by atoms with Crippen molar-refractivity contribution in [3.63, 3.8) is 0 Å². The number of nitrogens with zero attached hydrogens (tertiary/aromatic N) is 2. The monoisotopic (exact) mass is 372 g/mol. The van der Waals surface area contributed by atoms with Crippen LogP contribution in [0.5, 0.6) is 0 Å². The fourth-order valence-corrected chi connectivity index (χ4v) is 1.85. The van der Waals surface area contributed by atoms with Gasteiger partial charge in [-0.05, 0) is 36.4 Å². The van der Waals surface area contributed by atoms with E-state index in [1.165, 1.54) is 5.69 Å². The maximum absolute atomic E-state index is 4.11. The molecule has 2 aromatic carbocycles. The molecule has 0 spiro atoms. The smallest absolute Gasteiger partial charge is 0.0849 e. The van der Waals surface area contributed by atoms with E-state index in [-0.39, 0.29) is 19.5 Å². The molecular weight excluding hydrogens is 351 g/mol. The SMILES string of the molecule is C[N-]c1ccc(NCNc2ccc(N(C)C)cc2)cc1.[Rh]. The summed E-state index contributed by atoms with van der Waals surface area (Å²) in [7, 11) is 5.87. The van der Waals surface area contributed by atoms with E-state index >= 15 is 0 Å². The minimum Gasteiger partial charge on any atom is -0.687 e. The number of hydrogen-bond acceptors (Lipinski definition) is 3. The molecule has 0 heterocycles. The first kappa shape index (κ1) is 17.3. The summed E-state index contributed by atoms with van der Waals surface area (Å²) < 4.78 is 0. The largest absolute Gasteiger partial charge is 0.687 e. The Morgan fingerprint density at radius 1 is 0.857 bits per heavy atom. The van der Waals surface area contributed by atoms with Gasteiger partial charge in [0.2, 0.25) is 0 Å². The van der Waals surface area contributed by atoms with Gasteiger partial charge in [0.1, 0.15) is 0 Å². The van der Waals surface area contributed by atoms with Crippen LogP contribution in [0.1, 0.15) is 0 Å². The van der Waals surface area contributed by atoms with Gasteiger partial charge in [-0.1, -0.05) is 12.1 Å². The van der Waals surface area contributed by atoms with E-state index in [0.29, 0.717) is 6.67 Å². The molecule has 115 valence electrons. The molecule has 1 radical (unpaired) electrons. The molecule has 2 aromatic rings. The Bertz CT molecular complexity index is 523. The Balaban J connectivity index is 0.00000220. The van der Waals surface area contributed by atoms with Crippen molar-refractivity contribution in [1.29, 1.82) is 0 Å². The quantitative estimate of drug-likeness (QED) is 0.598. The standard InChI is InChI=1S/C16H21N4.Rh/c1-17-13-4-6-14(7-5-13)18-12-19-15-8-10-16(11-9-15)20(2)3;/h4-11,18-19H,12H2,1-3H3;/q-1;. The Labute approximate surface area is 139 Å². The van der Waals surface area contributed by atoms with Crippen LogP contribution in [0.25, 0.3) is 5.32 Å². The van der Waals surface area contributed by atoms with Gasteiger partial charge in [0.25, 0.3) is 0 Å². The normalized spacial score (nSPS) is 9.48. The van der Waals surface area contributed by atoms with Crippen LogP contribution < -0.4 is 15.5 Å². The molecule has 0 amide bonds. The summed E-state index contributed by atoms with van der Waals surface area (Å²) in [5.74, 6) is 0. The number of benzene rings is 2. The summed E-state index contributed by atoms with van der Waals surface area (Å²) in [5, 5.41) is 10.8. The molecule has 5 heteroatoms. The van der Waals surface area contributed by atoms with E-state index in [9.17, 15) is 0 Å². The molecule has 0 aliphatic carbocycles. The van der Waals surface area contributed by atoms with Crippen LogP contribution in [0.4, 0.5) is 22.7 Å². The van der Waals surface area contributed by atoms with Crippen molar-refractivity contribution < 1.29 is 19.5 Å². The molecule has 2 N–H and O–H groups in total. The maximum Gasteiger partial charge on any atom is 0.0849 e. The van der Waals surface area contributed by atoms with E-state index in [4.69, 9.17) is 0 Å². The molecule has 0 bridgehead atoms. The summed E-state index contributed by atoms with van der Waals surface area (Å²) in [6.45, 7) is 0.684. The van der Waals surface area contributed by atoms with Crippen LogP contribution in [0.3, 0.4) is 0 Å². The summed E-state index contributed by atoms with van der Waals surface area (Å²) in [4.78, 5) is 2.09. The van der Waals surface area contributed by atoms with Crippen molar-refractivity contribution in [3.8, 4) is 0 Å². The van der Waals surface area contributed by atoms with E-state index in [1.807, 2.05) is 38.4 Å². The van der Waals surface area contributed by atoms with Crippen LogP contribution in [0.2, 0.25) is 0 Å². The molecule has 0 aromatic heterocycles. The Hall–Kier alpha value is -1.74. The van der Waals surface area contributed by atoms with Gasteiger partial charge >= 0.3 is 0 Å². The topological polar surface area (TPSA) is 41.4 Å². The Morgan fingerprint density at radius 2 is 1.33 bits per heavy atom. The minimum atomic E-state index is 0. The molecule has 2 rings (SSSR count). The van der Waals surface area contributed by atoms with Crippen LogP contribution in [-0.2, 0) is 19.5 Å². The van der Waals surface area contributed by atoms with Crippen molar-refractivity contribution in [2.75, 3.05) is 43.3 Å². The third kappa shape index (κ3) is 5.27. The molecular formula is C16H21N4Rh-. The average molecular weight is 372 g/mol. The molecule has 0 saturated carbocycles. The second kappa shape index (κ2) is 8.53. The third-order valence-corrected chi connectivity index (χ3v) is 3.09. The molecule has 0 unspecified atom stereocenters. The van der Waals surface area contributed by atoms with Crippen molar-refractivity contribution in [2.45, 2.75) is 0 Å². The Morgan fingerprint density at radius 3 is 1.76 bits per heavy atom. The number of anilines is 3. The first-order valence-corrected chi connectivity index (χ1v) is 6.64. The molecule has 0 saturated heterocycles. The zero-order chi connectivity index (χ0) is 14.4. The molecule has 0 atom stereocenters. The molecule has 4 nitrogen and oxygen atoms in total. The summed E-state index contributed by atoms with van der Waals surface area (Å²) >= 11 is 0. The minimum absolute atomic E-state index is 0. The van der Waals surface area contributed by atoms with Gasteiger partial charge in [0, 0.05) is 50.6 Å². The van der Waals surface area contributed by atoms with Gasteiger partial charge in [0.05, 0.1) is 6.67 Å². The first-order valence-electron chi connectivity index (χ1n) is 6.64. The van der Waals surface area contributed by atoms with Crippen molar-refractivity contribution in [1.82, 2.24) is 0 Å². The summed E-state index contributed by atoms with van der Waals surface area (Å²) in [6, 6.07) is 16.4. The second-order valence-electron chi connectivity index (χ2n) is 4.74. The second-order valence-corrected chi connectivity index (χ2v) is 4.74. The van der Waals surface area contributed by atoms with Crippen molar-refractivity contribution in [3.05, 3.63) is 53.8 Å². The average Bonchev–Trinajstić information content (AvgIpc) is 2.48. The van der Waals surface area contributed by atoms with Gasteiger partial charge in [-0.2, -0.15) is 0 Å². The van der Waals surface area contributed by atoms with Crippen LogP contribution in [0, 0.1) is 0 Å². The van der Waals surface area contributed by atoms with Gasteiger partial charge in [-0.15, -0.1) is 12.7 Å². The van der Waals surface area contributed by atoms with Crippen LogP contribution >= 0.6 is 0 Å². The fraction of sp³-hybridized carbons (Fsp3) is 0.250. The van der Waals surface area contributed by atoms with Gasteiger partial charge in [0.15, 0.2) is 0 Å². The van der Waals surface area contributed by atoms with E-state index in [0.717, 1.165) is 17.1 Å². The van der Waals surface area contributed by atoms with E-state index in [2.05, 4.69) is 45.1 Å². The molecule has 0 aliphatic heterocycles. The van der Waals surface area contributed by atoms with Gasteiger partial charge in [-0.3, -0.25) is 0 Å². The number of nitrogens with one attached hydrogen (secondary N) is 2. The molecule has 0 aliphatic rings.